The van der Waals surface area contributed by atoms with Crippen molar-refractivity contribution in [3.05, 3.63) is 29.8 Å². The Morgan fingerprint density at radius 2 is 1.88 bits per heavy atom. The average molecular weight is 229 g/mol. The van der Waals surface area contributed by atoms with Gasteiger partial charge in [-0.2, -0.15) is 0 Å². The molecule has 0 saturated heterocycles. The van der Waals surface area contributed by atoms with Crippen molar-refractivity contribution in [1.29, 1.82) is 0 Å². The molecular weight excluding hydrogens is 216 g/mol. The molecule has 0 bridgehead atoms. The number of rotatable bonds is 3. The van der Waals surface area contributed by atoms with E-state index in [-0.39, 0.29) is 18.2 Å². The molecule has 1 aromatic rings. The molecule has 1 N–H and O–H groups in total. The fourth-order valence-electron chi connectivity index (χ4n) is 1.02. The minimum atomic E-state index is -0.751. The SMILES string of the molecule is CC(C)COC(=O)Nc1cc(F)cc(F)c1. The van der Waals surface area contributed by atoms with Gasteiger partial charge in [0.15, 0.2) is 0 Å². The fourth-order valence-corrected chi connectivity index (χ4v) is 1.02. The van der Waals surface area contributed by atoms with Gasteiger partial charge in [0, 0.05) is 11.8 Å². The second kappa shape index (κ2) is 5.44. The summed E-state index contributed by atoms with van der Waals surface area (Å²) in [5, 5.41) is 2.24. The van der Waals surface area contributed by atoms with Crippen LogP contribution >= 0.6 is 0 Å². The van der Waals surface area contributed by atoms with Crippen LogP contribution in [0.5, 0.6) is 0 Å². The van der Waals surface area contributed by atoms with Crippen molar-refractivity contribution in [3.63, 3.8) is 0 Å². The summed E-state index contributed by atoms with van der Waals surface area (Å²) in [4.78, 5) is 11.2. The molecule has 0 atom stereocenters. The van der Waals surface area contributed by atoms with E-state index in [9.17, 15) is 13.6 Å². The third kappa shape index (κ3) is 4.25. The van der Waals surface area contributed by atoms with Crippen LogP contribution in [0.2, 0.25) is 0 Å². The van der Waals surface area contributed by atoms with E-state index in [1.54, 1.807) is 0 Å². The lowest BCUT2D eigenvalue weighted by atomic mass is 10.2. The van der Waals surface area contributed by atoms with Gasteiger partial charge in [-0.1, -0.05) is 13.8 Å². The molecule has 1 aromatic carbocycles. The molecule has 0 radical (unpaired) electrons. The molecule has 88 valence electrons. The standard InChI is InChI=1S/C11H13F2NO2/c1-7(2)6-16-11(15)14-10-4-8(12)3-9(13)5-10/h3-5,7H,6H2,1-2H3,(H,14,15). The molecule has 0 aliphatic carbocycles. The quantitative estimate of drug-likeness (QED) is 0.864. The molecule has 16 heavy (non-hydrogen) atoms. The van der Waals surface area contributed by atoms with Crippen molar-refractivity contribution in [3.8, 4) is 0 Å². The molecule has 0 aliphatic heterocycles. The lowest BCUT2D eigenvalue weighted by molar-refractivity contribution is 0.147. The van der Waals surface area contributed by atoms with Gasteiger partial charge in [-0.05, 0) is 18.1 Å². The van der Waals surface area contributed by atoms with Crippen LogP contribution in [0.1, 0.15) is 13.8 Å². The van der Waals surface area contributed by atoms with E-state index in [1.165, 1.54) is 0 Å². The number of halogens is 2. The minimum absolute atomic E-state index is 0.0336. The summed E-state index contributed by atoms with van der Waals surface area (Å²) in [6.07, 6.45) is -0.723. The van der Waals surface area contributed by atoms with Crippen LogP contribution in [0.15, 0.2) is 18.2 Å². The van der Waals surface area contributed by atoms with Gasteiger partial charge >= 0.3 is 6.09 Å². The summed E-state index contributed by atoms with van der Waals surface area (Å²) in [6, 6.07) is 2.75. The molecule has 3 nitrogen and oxygen atoms in total. The predicted octanol–water partition coefficient (Wildman–Crippen LogP) is 3.17. The maximum atomic E-state index is 12.8. The van der Waals surface area contributed by atoms with Gasteiger partial charge in [0.05, 0.1) is 6.61 Å². The van der Waals surface area contributed by atoms with Crippen LogP contribution < -0.4 is 5.32 Å². The number of hydrogen-bond acceptors (Lipinski definition) is 2. The van der Waals surface area contributed by atoms with Gasteiger partial charge in [-0.15, -0.1) is 0 Å². The Kier molecular flexibility index (Phi) is 4.22. The highest BCUT2D eigenvalue weighted by atomic mass is 19.1. The average Bonchev–Trinajstić information content (AvgIpc) is 2.12. The largest absolute Gasteiger partial charge is 0.449 e. The lowest BCUT2D eigenvalue weighted by Crippen LogP contribution is -2.16. The summed E-state index contributed by atoms with van der Waals surface area (Å²) in [5.41, 5.74) is 0.0336. The number of nitrogens with one attached hydrogen (secondary N) is 1. The molecule has 0 heterocycles. The van der Waals surface area contributed by atoms with Gasteiger partial charge in [-0.3, -0.25) is 5.32 Å². The molecule has 0 saturated carbocycles. The van der Waals surface area contributed by atoms with Crippen molar-refractivity contribution in [2.24, 2.45) is 5.92 Å². The zero-order valence-electron chi connectivity index (χ0n) is 9.09. The van der Waals surface area contributed by atoms with E-state index >= 15 is 0 Å². The van der Waals surface area contributed by atoms with Gasteiger partial charge < -0.3 is 4.74 Å². The third-order valence-corrected chi connectivity index (χ3v) is 1.66. The van der Waals surface area contributed by atoms with Crippen LogP contribution in [0.3, 0.4) is 0 Å². The third-order valence-electron chi connectivity index (χ3n) is 1.66. The highest BCUT2D eigenvalue weighted by Crippen LogP contribution is 2.13. The van der Waals surface area contributed by atoms with E-state index in [2.05, 4.69) is 5.32 Å². The van der Waals surface area contributed by atoms with Crippen molar-refractivity contribution in [1.82, 2.24) is 0 Å². The van der Waals surface area contributed by atoms with Gasteiger partial charge in [-0.25, -0.2) is 13.6 Å². The minimum Gasteiger partial charge on any atom is -0.449 e. The smallest absolute Gasteiger partial charge is 0.411 e. The normalized spacial score (nSPS) is 10.3. The summed E-state index contributed by atoms with van der Waals surface area (Å²) in [5.74, 6) is -1.30. The first-order valence-electron chi connectivity index (χ1n) is 4.87. The lowest BCUT2D eigenvalue weighted by Gasteiger charge is -2.08. The Morgan fingerprint density at radius 1 is 1.31 bits per heavy atom. The molecule has 0 spiro atoms. The number of carbonyl (C=O) groups excluding carboxylic acids is 1. The number of benzene rings is 1. The highest BCUT2D eigenvalue weighted by Gasteiger charge is 2.06. The second-order valence-electron chi connectivity index (χ2n) is 3.78. The van der Waals surface area contributed by atoms with E-state index < -0.39 is 17.7 Å². The second-order valence-corrected chi connectivity index (χ2v) is 3.78. The number of amides is 1. The number of ether oxygens (including phenoxy) is 1. The van der Waals surface area contributed by atoms with E-state index in [0.29, 0.717) is 0 Å². The molecule has 5 heteroatoms. The van der Waals surface area contributed by atoms with E-state index in [0.717, 1.165) is 18.2 Å². The van der Waals surface area contributed by atoms with Crippen molar-refractivity contribution in [2.45, 2.75) is 13.8 Å². The van der Waals surface area contributed by atoms with Crippen LogP contribution in [0.4, 0.5) is 19.3 Å². The summed E-state index contributed by atoms with van der Waals surface area (Å²) in [6.45, 7) is 4.02. The van der Waals surface area contributed by atoms with E-state index in [1.807, 2.05) is 13.8 Å². The highest BCUT2D eigenvalue weighted by molar-refractivity contribution is 5.84. The summed E-state index contributed by atoms with van der Waals surface area (Å²) < 4.78 is 30.3. The van der Waals surface area contributed by atoms with Crippen LogP contribution in [0.25, 0.3) is 0 Å². The van der Waals surface area contributed by atoms with Crippen LogP contribution in [-0.2, 0) is 4.74 Å². The van der Waals surface area contributed by atoms with Crippen LogP contribution in [0, 0.1) is 17.6 Å². The molecule has 1 rings (SSSR count). The maximum absolute atomic E-state index is 12.8. The summed E-state index contributed by atoms with van der Waals surface area (Å²) in [7, 11) is 0. The van der Waals surface area contributed by atoms with Crippen molar-refractivity contribution in [2.75, 3.05) is 11.9 Å². The fraction of sp³-hybridized carbons (Fsp3) is 0.364. The van der Waals surface area contributed by atoms with Crippen molar-refractivity contribution >= 4 is 11.8 Å². The molecule has 0 aliphatic rings. The maximum Gasteiger partial charge on any atom is 0.411 e. The monoisotopic (exact) mass is 229 g/mol. The predicted molar refractivity (Wildman–Crippen MR) is 56.2 cm³/mol. The van der Waals surface area contributed by atoms with Crippen molar-refractivity contribution < 1.29 is 18.3 Å². The van der Waals surface area contributed by atoms with Gasteiger partial charge in [0.25, 0.3) is 0 Å². The first kappa shape index (κ1) is 12.4. The molecule has 0 fully saturated rings. The Morgan fingerprint density at radius 3 is 2.38 bits per heavy atom. The Bertz CT molecular complexity index is 360. The van der Waals surface area contributed by atoms with E-state index in [4.69, 9.17) is 4.74 Å². The van der Waals surface area contributed by atoms with Gasteiger partial charge in [0.1, 0.15) is 11.6 Å². The molecule has 0 aromatic heterocycles. The molecular formula is C11H13F2NO2. The Labute approximate surface area is 92.4 Å². The first-order chi connectivity index (χ1) is 7.47. The topological polar surface area (TPSA) is 38.3 Å². The van der Waals surface area contributed by atoms with Crippen LogP contribution in [-0.4, -0.2) is 12.7 Å². The Hall–Kier alpha value is -1.65. The van der Waals surface area contributed by atoms with Gasteiger partial charge in [0.2, 0.25) is 0 Å². The number of carbonyl (C=O) groups is 1. The molecule has 0 unspecified atom stereocenters. The number of hydrogen-bond donors (Lipinski definition) is 1. The first-order valence-corrected chi connectivity index (χ1v) is 4.87. The summed E-state index contributed by atoms with van der Waals surface area (Å²) >= 11 is 0. The zero-order chi connectivity index (χ0) is 12.1. The Balaban J connectivity index is 2.56. The zero-order valence-corrected chi connectivity index (χ0v) is 9.09. The number of anilines is 1. The molecule has 1 amide bonds.